The fourth-order valence-corrected chi connectivity index (χ4v) is 9.99. The van der Waals surface area contributed by atoms with E-state index in [1.54, 1.807) is 0 Å². The van der Waals surface area contributed by atoms with Crippen LogP contribution in [0.3, 0.4) is 0 Å². The SMILES string of the molecule is CC[C@@H]1[C@@H]2C(F)(F)[C@H](OC(C)=O)CC[C@]2(C)C2CC[C@@]3(C)C(CCC3[C@H](C)CCC(=O)N=[N+]=[N-])C2[C@@H]1O. The van der Waals surface area contributed by atoms with Gasteiger partial charge >= 0.3 is 5.97 Å². The molecule has 4 rings (SSSR count). The molecule has 4 saturated carbocycles. The standard InChI is InChI=1S/C28H43F2N3O4/c1-6-17-24(36)23-19-9-8-18(15(2)7-10-22(35)32-33-31)26(19,4)13-11-20(23)27(5)14-12-21(37-16(3)34)28(29,30)25(17)27/h15,17-21,23-25,36H,6-14H2,1-5H3/t15-,17+,18?,19?,20?,21-,23?,24-,25+,26-,27-/m1/s1. The number of nitrogens with zero attached hydrogens (tertiary/aromatic N) is 3. The highest BCUT2D eigenvalue weighted by molar-refractivity contribution is 5.76. The van der Waals surface area contributed by atoms with Crippen molar-refractivity contribution in [2.45, 2.75) is 111 Å². The van der Waals surface area contributed by atoms with Gasteiger partial charge in [0.2, 0.25) is 5.91 Å². The van der Waals surface area contributed by atoms with E-state index >= 15 is 8.78 Å². The molecule has 0 bridgehead atoms. The van der Waals surface area contributed by atoms with Crippen molar-refractivity contribution >= 4 is 11.9 Å². The third-order valence-electron chi connectivity index (χ3n) is 11.5. The Morgan fingerprint density at radius 3 is 2.41 bits per heavy atom. The molecule has 0 aromatic carbocycles. The van der Waals surface area contributed by atoms with Crippen molar-refractivity contribution in [1.29, 1.82) is 0 Å². The van der Waals surface area contributed by atoms with Crippen molar-refractivity contribution in [2.75, 3.05) is 0 Å². The van der Waals surface area contributed by atoms with E-state index in [1.165, 1.54) is 6.92 Å². The van der Waals surface area contributed by atoms with Gasteiger partial charge in [0.05, 0.1) is 6.10 Å². The molecule has 7 nitrogen and oxygen atoms in total. The number of halogens is 2. The van der Waals surface area contributed by atoms with Crippen molar-refractivity contribution < 1.29 is 28.2 Å². The van der Waals surface area contributed by atoms with Gasteiger partial charge in [0.15, 0.2) is 6.10 Å². The molecular formula is C28H43F2N3O4. The van der Waals surface area contributed by atoms with E-state index in [2.05, 4.69) is 23.9 Å². The lowest BCUT2D eigenvalue weighted by molar-refractivity contribution is -0.289. The molecule has 37 heavy (non-hydrogen) atoms. The highest BCUT2D eigenvalue weighted by atomic mass is 19.3. The van der Waals surface area contributed by atoms with Crippen LogP contribution in [0.25, 0.3) is 10.4 Å². The molecule has 0 saturated heterocycles. The first-order chi connectivity index (χ1) is 17.3. The van der Waals surface area contributed by atoms with Crippen molar-refractivity contribution in [3.63, 3.8) is 0 Å². The molecule has 0 heterocycles. The highest BCUT2D eigenvalue weighted by Gasteiger charge is 2.71. The van der Waals surface area contributed by atoms with Gasteiger partial charge in [-0.1, -0.05) is 34.1 Å². The molecule has 0 aliphatic heterocycles. The second-order valence-corrected chi connectivity index (χ2v) is 13.0. The van der Waals surface area contributed by atoms with Crippen LogP contribution >= 0.6 is 0 Å². The number of fused-ring (bicyclic) bond motifs is 5. The molecule has 4 aliphatic rings. The van der Waals surface area contributed by atoms with Crippen molar-refractivity contribution in [3.05, 3.63) is 10.4 Å². The van der Waals surface area contributed by atoms with E-state index < -0.39 is 47.3 Å². The zero-order valence-electron chi connectivity index (χ0n) is 22.8. The number of aliphatic hydroxyl groups excluding tert-OH is 1. The first-order valence-corrected chi connectivity index (χ1v) is 14.1. The molecule has 4 unspecified atom stereocenters. The number of hydrogen-bond donors (Lipinski definition) is 1. The summed E-state index contributed by atoms with van der Waals surface area (Å²) < 4.78 is 37.2. The van der Waals surface area contributed by atoms with Gasteiger partial charge in [-0.05, 0) is 102 Å². The van der Waals surface area contributed by atoms with Gasteiger partial charge in [0, 0.05) is 24.2 Å². The smallest absolute Gasteiger partial charge is 0.303 e. The Balaban J connectivity index is 1.62. The highest BCUT2D eigenvalue weighted by Crippen LogP contribution is 2.71. The molecule has 4 fully saturated rings. The maximum Gasteiger partial charge on any atom is 0.303 e. The zero-order chi connectivity index (χ0) is 27.3. The van der Waals surface area contributed by atoms with Crippen LogP contribution in [0.1, 0.15) is 92.4 Å². The van der Waals surface area contributed by atoms with Gasteiger partial charge in [0.25, 0.3) is 5.92 Å². The van der Waals surface area contributed by atoms with Crippen LogP contribution in [0.5, 0.6) is 0 Å². The lowest BCUT2D eigenvalue weighted by Gasteiger charge is -2.66. The van der Waals surface area contributed by atoms with Crippen LogP contribution < -0.4 is 0 Å². The second kappa shape index (κ2) is 10.1. The van der Waals surface area contributed by atoms with Crippen LogP contribution in [0, 0.1) is 52.3 Å². The van der Waals surface area contributed by atoms with E-state index in [0.717, 1.165) is 25.7 Å². The van der Waals surface area contributed by atoms with Gasteiger partial charge in [-0.25, -0.2) is 8.78 Å². The lowest BCUT2D eigenvalue weighted by atomic mass is 9.40. The number of esters is 1. The number of azide groups is 1. The van der Waals surface area contributed by atoms with Gasteiger partial charge in [-0.15, -0.1) is 0 Å². The van der Waals surface area contributed by atoms with E-state index in [0.29, 0.717) is 25.2 Å². The molecule has 11 atom stereocenters. The van der Waals surface area contributed by atoms with E-state index in [-0.39, 0.29) is 41.9 Å². The molecule has 9 heteroatoms. The summed E-state index contributed by atoms with van der Waals surface area (Å²) in [6.45, 7) is 9.56. The monoisotopic (exact) mass is 523 g/mol. The van der Waals surface area contributed by atoms with E-state index in [4.69, 9.17) is 10.3 Å². The van der Waals surface area contributed by atoms with E-state index in [1.807, 2.05) is 13.8 Å². The molecule has 0 aromatic rings. The Bertz CT molecular complexity index is 956. The number of hydrogen-bond acceptors (Lipinski definition) is 4. The Labute approximate surface area is 218 Å². The maximum atomic E-state index is 16.0. The number of rotatable bonds is 6. The number of amides is 1. The summed E-state index contributed by atoms with van der Waals surface area (Å²) in [7, 11) is 0. The molecule has 1 N–H and O–H groups in total. The summed E-state index contributed by atoms with van der Waals surface area (Å²) in [6.07, 6.45) is 3.48. The lowest BCUT2D eigenvalue weighted by Crippen LogP contribution is -2.68. The quantitative estimate of drug-likeness (QED) is 0.181. The second-order valence-electron chi connectivity index (χ2n) is 13.0. The summed E-state index contributed by atoms with van der Waals surface area (Å²) >= 11 is 0. The minimum Gasteiger partial charge on any atom is -0.456 e. The third-order valence-corrected chi connectivity index (χ3v) is 11.5. The Morgan fingerprint density at radius 1 is 1.14 bits per heavy atom. The van der Waals surface area contributed by atoms with Crippen LogP contribution in [-0.4, -0.2) is 35.1 Å². The number of aliphatic hydroxyl groups is 1. The number of carbonyl (C=O) groups is 2. The topological polar surface area (TPSA) is 112 Å². The number of carbonyl (C=O) groups excluding carboxylic acids is 2. The molecule has 208 valence electrons. The van der Waals surface area contributed by atoms with Crippen molar-refractivity contribution in [1.82, 2.24) is 0 Å². The number of alkyl halides is 2. The molecular weight excluding hydrogens is 480 g/mol. The summed E-state index contributed by atoms with van der Waals surface area (Å²) in [4.78, 5) is 26.0. The van der Waals surface area contributed by atoms with Crippen LogP contribution in [0.4, 0.5) is 8.78 Å². The summed E-state index contributed by atoms with van der Waals surface area (Å²) in [5.74, 6) is -5.04. The summed E-state index contributed by atoms with van der Waals surface area (Å²) in [5.41, 5.74) is 7.87. The summed E-state index contributed by atoms with van der Waals surface area (Å²) in [5, 5.41) is 15.0. The van der Waals surface area contributed by atoms with Gasteiger partial charge in [-0.3, -0.25) is 9.59 Å². The van der Waals surface area contributed by atoms with Gasteiger partial charge < -0.3 is 9.84 Å². The molecule has 0 aromatic heterocycles. The van der Waals surface area contributed by atoms with Crippen LogP contribution in [0.15, 0.2) is 5.11 Å². The van der Waals surface area contributed by atoms with Crippen molar-refractivity contribution in [2.24, 2.45) is 57.4 Å². The average Bonchev–Trinajstić information content (AvgIpc) is 3.18. The fourth-order valence-electron chi connectivity index (χ4n) is 9.99. The Morgan fingerprint density at radius 2 is 1.78 bits per heavy atom. The third kappa shape index (κ3) is 4.48. The molecule has 1 amide bonds. The first-order valence-electron chi connectivity index (χ1n) is 14.1. The predicted octanol–water partition coefficient (Wildman–Crippen LogP) is 6.68. The minimum absolute atomic E-state index is 0.00173. The molecule has 4 aliphatic carbocycles. The average molecular weight is 524 g/mol. The minimum atomic E-state index is -3.18. The Kier molecular flexibility index (Phi) is 7.72. The van der Waals surface area contributed by atoms with Gasteiger partial charge in [0.1, 0.15) is 0 Å². The number of ether oxygens (including phenoxy) is 1. The Hall–Kier alpha value is -1.73. The predicted molar refractivity (Wildman–Crippen MR) is 134 cm³/mol. The molecule has 0 radical (unpaired) electrons. The fraction of sp³-hybridized carbons (Fsp3) is 0.929. The largest absolute Gasteiger partial charge is 0.456 e. The van der Waals surface area contributed by atoms with Crippen molar-refractivity contribution in [3.8, 4) is 0 Å². The van der Waals surface area contributed by atoms with Crippen LogP contribution in [-0.2, 0) is 14.3 Å². The van der Waals surface area contributed by atoms with Gasteiger partial charge in [-0.2, -0.15) is 0 Å². The van der Waals surface area contributed by atoms with Crippen LogP contribution in [0.2, 0.25) is 0 Å². The van der Waals surface area contributed by atoms with E-state index in [9.17, 15) is 14.7 Å². The normalized spacial score (nSPS) is 45.0. The first kappa shape index (κ1) is 28.3. The maximum absolute atomic E-state index is 16.0. The zero-order valence-corrected chi connectivity index (χ0v) is 22.8. The summed E-state index contributed by atoms with van der Waals surface area (Å²) in [6, 6.07) is 0. The molecule has 0 spiro atoms.